The van der Waals surface area contributed by atoms with Crippen LogP contribution in [0.15, 0.2) is 82.9 Å². The van der Waals surface area contributed by atoms with Crippen LogP contribution in [0.5, 0.6) is 0 Å². The normalized spacial score (nSPS) is 21.4. The molecule has 0 saturated carbocycles. The third-order valence-electron chi connectivity index (χ3n) is 6.49. The zero-order chi connectivity index (χ0) is 29.0. The Morgan fingerprint density at radius 1 is 0.925 bits per heavy atom. The predicted octanol–water partition coefficient (Wildman–Crippen LogP) is 4.84. The first kappa shape index (κ1) is 32.8. The fourth-order valence-electron chi connectivity index (χ4n) is 4.24. The molecule has 0 aromatic carbocycles. The van der Waals surface area contributed by atoms with Gasteiger partial charge in [0.05, 0.1) is 18.1 Å². The number of aliphatic imine (C=N–C) groups is 2. The molecule has 0 spiro atoms. The van der Waals surface area contributed by atoms with E-state index < -0.39 is 18.1 Å². The molecule has 2 heterocycles. The molecule has 4 atom stereocenters. The van der Waals surface area contributed by atoms with E-state index in [4.69, 9.17) is 0 Å². The molecule has 4 N–H and O–H groups in total. The molecule has 1 unspecified atom stereocenters. The molecule has 0 bridgehead atoms. The van der Waals surface area contributed by atoms with Gasteiger partial charge < -0.3 is 10.2 Å². The van der Waals surface area contributed by atoms with Gasteiger partial charge in [-0.15, -0.1) is 0 Å². The number of aliphatic hydroxyl groups is 2. The number of hydrogen-bond acceptors (Lipinski definition) is 6. The third-order valence-corrected chi connectivity index (χ3v) is 6.49. The van der Waals surface area contributed by atoms with Crippen molar-refractivity contribution in [3.63, 3.8) is 0 Å². The predicted molar refractivity (Wildman–Crippen MR) is 163 cm³/mol. The standard InChI is InChI=1S/C32H46N4O4/c1-3-4-5-6-7-8-9-10-11-12-13-14-15-16-17-18-19-20-21-22-28(38)34-32-35-30-27(31(40)36-32)23-26(24-33-30)29(39)25(2)37/h4-5,7-8,10-11,13-14,16-17,19-20,25-27,29,37,39H,3,6,9,12,15,18,21-24H2,1-2H3,(H2,33,34,35,36,38,40)/b5-4-,8-7-,11-10-,14-13-,17-16-,20-19-/t25-,26+,27?,29-/m0/s1. The highest BCUT2D eigenvalue weighted by Gasteiger charge is 2.38. The summed E-state index contributed by atoms with van der Waals surface area (Å²) >= 11 is 0. The number of rotatable bonds is 16. The van der Waals surface area contributed by atoms with E-state index in [2.05, 4.69) is 88.3 Å². The number of aliphatic hydroxyl groups excluding tert-OH is 2. The van der Waals surface area contributed by atoms with Crippen LogP contribution in [-0.4, -0.2) is 52.6 Å². The largest absolute Gasteiger partial charge is 0.391 e. The summed E-state index contributed by atoms with van der Waals surface area (Å²) in [5.41, 5.74) is 0. The molecule has 2 aliphatic heterocycles. The molecule has 218 valence electrons. The zero-order valence-corrected chi connectivity index (χ0v) is 23.9. The first-order valence-corrected chi connectivity index (χ1v) is 14.4. The van der Waals surface area contributed by atoms with Gasteiger partial charge in [-0.2, -0.15) is 4.99 Å². The second kappa shape index (κ2) is 19.7. The highest BCUT2D eigenvalue weighted by Crippen LogP contribution is 2.26. The second-order valence-corrected chi connectivity index (χ2v) is 9.93. The van der Waals surface area contributed by atoms with Gasteiger partial charge in [0.1, 0.15) is 5.84 Å². The average molecular weight is 551 g/mol. The Balaban J connectivity index is 1.58. The van der Waals surface area contributed by atoms with Crippen molar-refractivity contribution in [1.29, 1.82) is 0 Å². The van der Waals surface area contributed by atoms with Crippen LogP contribution in [0.4, 0.5) is 0 Å². The number of guanidine groups is 1. The van der Waals surface area contributed by atoms with Crippen LogP contribution in [0.2, 0.25) is 0 Å². The van der Waals surface area contributed by atoms with Crippen molar-refractivity contribution in [3.05, 3.63) is 72.9 Å². The SMILES string of the molecule is CC/C=C\C/C=C\C/C=C\C/C=C\C/C=C\C/C=C\CCC(=O)NC1=NC2=NC[C@H]([C@@H](O)[C@H](C)O)CC2C(=O)N1. The maximum atomic E-state index is 12.5. The van der Waals surface area contributed by atoms with Gasteiger partial charge in [-0.05, 0) is 58.3 Å². The number of nitrogens with one attached hydrogen (secondary N) is 2. The lowest BCUT2D eigenvalue weighted by atomic mass is 9.84. The molecule has 8 nitrogen and oxygen atoms in total. The lowest BCUT2D eigenvalue weighted by Gasteiger charge is -2.32. The number of amides is 2. The summed E-state index contributed by atoms with van der Waals surface area (Å²) < 4.78 is 0. The topological polar surface area (TPSA) is 123 Å². The summed E-state index contributed by atoms with van der Waals surface area (Å²) in [4.78, 5) is 33.4. The molecule has 0 radical (unpaired) electrons. The van der Waals surface area contributed by atoms with Crippen LogP contribution in [0.3, 0.4) is 0 Å². The van der Waals surface area contributed by atoms with Crippen molar-refractivity contribution in [2.45, 2.75) is 83.8 Å². The molecule has 0 aromatic rings. The van der Waals surface area contributed by atoms with Gasteiger partial charge in [0, 0.05) is 18.9 Å². The molecule has 2 rings (SSSR count). The van der Waals surface area contributed by atoms with Crippen molar-refractivity contribution in [3.8, 4) is 0 Å². The van der Waals surface area contributed by atoms with E-state index >= 15 is 0 Å². The van der Waals surface area contributed by atoms with Crippen LogP contribution >= 0.6 is 0 Å². The molecule has 8 heteroatoms. The summed E-state index contributed by atoms with van der Waals surface area (Å²) in [6.07, 6.45) is 30.8. The van der Waals surface area contributed by atoms with E-state index in [1.165, 1.54) is 6.92 Å². The Hall–Kier alpha value is -3.36. The molecule has 0 aromatic heterocycles. The number of hydrogen-bond donors (Lipinski definition) is 4. The number of carbonyl (C=O) groups excluding carboxylic acids is 2. The molecule has 0 aliphatic carbocycles. The Labute approximate surface area is 239 Å². The maximum Gasteiger partial charge on any atom is 0.237 e. The van der Waals surface area contributed by atoms with Crippen LogP contribution in [0, 0.1) is 11.8 Å². The van der Waals surface area contributed by atoms with E-state index in [1.807, 2.05) is 12.2 Å². The second-order valence-electron chi connectivity index (χ2n) is 9.93. The Kier molecular flexibility index (Phi) is 16.1. The summed E-state index contributed by atoms with van der Waals surface area (Å²) in [6, 6.07) is 0. The van der Waals surface area contributed by atoms with Crippen molar-refractivity contribution in [1.82, 2.24) is 10.6 Å². The van der Waals surface area contributed by atoms with E-state index in [0.29, 0.717) is 18.7 Å². The zero-order valence-electron chi connectivity index (χ0n) is 23.9. The lowest BCUT2D eigenvalue weighted by molar-refractivity contribution is -0.123. The Bertz CT molecular complexity index is 1030. The molecule has 0 saturated heterocycles. The monoisotopic (exact) mass is 550 g/mol. The maximum absolute atomic E-state index is 12.5. The van der Waals surface area contributed by atoms with Gasteiger partial charge in [0.2, 0.25) is 17.8 Å². The fourth-order valence-corrected chi connectivity index (χ4v) is 4.24. The van der Waals surface area contributed by atoms with Crippen LogP contribution in [0.1, 0.15) is 71.6 Å². The third kappa shape index (κ3) is 13.1. The highest BCUT2D eigenvalue weighted by molar-refractivity contribution is 6.19. The molecule has 2 aliphatic rings. The summed E-state index contributed by atoms with van der Waals surface area (Å²) in [6.45, 7) is 3.93. The van der Waals surface area contributed by atoms with Gasteiger partial charge in [-0.25, -0.2) is 0 Å². The number of carbonyl (C=O) groups is 2. The Morgan fingerprint density at radius 3 is 1.98 bits per heavy atom. The quantitative estimate of drug-likeness (QED) is 0.205. The first-order valence-electron chi connectivity index (χ1n) is 14.4. The number of amidine groups is 1. The van der Waals surface area contributed by atoms with Crippen LogP contribution in [-0.2, 0) is 9.59 Å². The molecule has 40 heavy (non-hydrogen) atoms. The van der Waals surface area contributed by atoms with E-state index in [9.17, 15) is 19.8 Å². The van der Waals surface area contributed by atoms with E-state index in [1.54, 1.807) is 0 Å². The number of allylic oxidation sites excluding steroid dienone is 12. The highest BCUT2D eigenvalue weighted by atomic mass is 16.3. The minimum Gasteiger partial charge on any atom is -0.391 e. The van der Waals surface area contributed by atoms with Gasteiger partial charge in [-0.3, -0.25) is 25.2 Å². The molecule has 2 amide bonds. The fraction of sp³-hybridized carbons (Fsp3) is 0.500. The average Bonchev–Trinajstić information content (AvgIpc) is 2.93. The van der Waals surface area contributed by atoms with Crippen molar-refractivity contribution in [2.75, 3.05) is 6.54 Å². The lowest BCUT2D eigenvalue weighted by Crippen LogP contribution is -2.53. The molecule has 0 fully saturated rings. The summed E-state index contributed by atoms with van der Waals surface area (Å²) in [5, 5.41) is 24.9. The van der Waals surface area contributed by atoms with E-state index in [-0.39, 0.29) is 36.7 Å². The van der Waals surface area contributed by atoms with E-state index in [0.717, 1.165) is 38.5 Å². The van der Waals surface area contributed by atoms with Gasteiger partial charge >= 0.3 is 0 Å². The number of nitrogens with zero attached hydrogens (tertiary/aromatic N) is 2. The van der Waals surface area contributed by atoms with Crippen molar-refractivity contribution in [2.24, 2.45) is 21.8 Å². The number of fused-ring (bicyclic) bond motifs is 1. The van der Waals surface area contributed by atoms with Gasteiger partial charge in [0.15, 0.2) is 0 Å². The minimum absolute atomic E-state index is 0.0854. The summed E-state index contributed by atoms with van der Waals surface area (Å²) in [7, 11) is 0. The van der Waals surface area contributed by atoms with Gasteiger partial charge in [0.25, 0.3) is 0 Å². The smallest absolute Gasteiger partial charge is 0.237 e. The van der Waals surface area contributed by atoms with Crippen LogP contribution < -0.4 is 10.6 Å². The Morgan fingerprint density at radius 2 is 1.45 bits per heavy atom. The first-order chi connectivity index (χ1) is 19.4. The molecular formula is C32H46N4O4. The van der Waals surface area contributed by atoms with Crippen molar-refractivity contribution >= 4 is 23.6 Å². The van der Waals surface area contributed by atoms with Crippen molar-refractivity contribution < 1.29 is 19.8 Å². The molecular weight excluding hydrogens is 504 g/mol. The van der Waals surface area contributed by atoms with Crippen LogP contribution in [0.25, 0.3) is 0 Å². The summed E-state index contributed by atoms with van der Waals surface area (Å²) in [5.74, 6) is -1.02. The minimum atomic E-state index is -0.947. The van der Waals surface area contributed by atoms with Gasteiger partial charge in [-0.1, -0.05) is 79.8 Å².